The van der Waals surface area contributed by atoms with Gasteiger partial charge in [-0.05, 0) is 32.0 Å². The number of hydrogen-bond acceptors (Lipinski definition) is 3. The third kappa shape index (κ3) is 2.87. The number of benzene rings is 1. The van der Waals surface area contributed by atoms with Gasteiger partial charge in [0.25, 0.3) is 0 Å². The first-order valence-electron chi connectivity index (χ1n) is 6.75. The zero-order valence-electron chi connectivity index (χ0n) is 11.8. The summed E-state index contributed by atoms with van der Waals surface area (Å²) in [4.78, 5) is 10.5. The fraction of sp³-hybridized carbons (Fsp3) is 0.333. The molecule has 3 nitrogen and oxygen atoms in total. The van der Waals surface area contributed by atoms with Crippen LogP contribution in [0, 0.1) is 6.92 Å². The van der Waals surface area contributed by atoms with Crippen molar-refractivity contribution in [3.8, 4) is 0 Å². The highest BCUT2D eigenvalue weighted by molar-refractivity contribution is 9.10. The molecule has 0 fully saturated rings. The number of aryl methyl sites for hydroxylation is 2. The topological polar surface area (TPSA) is 30.7 Å². The molecule has 3 rings (SSSR count). The molecule has 3 aromatic rings. The number of thiazole rings is 1. The minimum Gasteiger partial charge on any atom is -0.318 e. The molecule has 1 aromatic carbocycles. The standard InChI is InChI=1S/C15H15BrClN3S/c1-9-8-18-15(21-9)10(2)20-13-4-3-11(16)7-12(13)19-14(20)5-6-17/h3-4,7-8,10H,5-6H2,1-2H3. The van der Waals surface area contributed by atoms with E-state index in [1.54, 1.807) is 11.3 Å². The second-order valence-electron chi connectivity index (χ2n) is 4.96. The Bertz CT molecular complexity index is 780. The highest BCUT2D eigenvalue weighted by Gasteiger charge is 2.19. The first kappa shape index (κ1) is 15.0. The molecule has 0 radical (unpaired) electrons. The van der Waals surface area contributed by atoms with Gasteiger partial charge in [0.05, 0.1) is 17.1 Å². The van der Waals surface area contributed by atoms with Crippen molar-refractivity contribution in [2.75, 3.05) is 5.88 Å². The van der Waals surface area contributed by atoms with Gasteiger partial charge in [0.1, 0.15) is 10.8 Å². The van der Waals surface area contributed by atoms with E-state index >= 15 is 0 Å². The molecule has 2 heterocycles. The number of halogens is 2. The molecule has 0 aliphatic carbocycles. The molecule has 0 aliphatic heterocycles. The van der Waals surface area contributed by atoms with Crippen molar-refractivity contribution in [3.63, 3.8) is 0 Å². The molecule has 21 heavy (non-hydrogen) atoms. The van der Waals surface area contributed by atoms with Gasteiger partial charge in [-0.3, -0.25) is 0 Å². The summed E-state index contributed by atoms with van der Waals surface area (Å²) in [5.41, 5.74) is 2.11. The Morgan fingerprint density at radius 1 is 1.43 bits per heavy atom. The van der Waals surface area contributed by atoms with E-state index in [1.807, 2.05) is 18.3 Å². The van der Waals surface area contributed by atoms with Gasteiger partial charge in [-0.2, -0.15) is 0 Å². The number of hydrogen-bond donors (Lipinski definition) is 0. The molecule has 0 bridgehead atoms. The number of alkyl halides is 1. The SMILES string of the molecule is Cc1cnc(C(C)n2c(CCCl)nc3cc(Br)ccc32)s1. The van der Waals surface area contributed by atoms with Gasteiger partial charge in [-0.25, -0.2) is 9.97 Å². The van der Waals surface area contributed by atoms with Gasteiger partial charge in [0.15, 0.2) is 0 Å². The highest BCUT2D eigenvalue weighted by Crippen LogP contribution is 2.30. The van der Waals surface area contributed by atoms with Crippen molar-refractivity contribution in [1.29, 1.82) is 0 Å². The van der Waals surface area contributed by atoms with E-state index in [0.29, 0.717) is 5.88 Å². The van der Waals surface area contributed by atoms with Crippen LogP contribution in [0.1, 0.15) is 28.7 Å². The summed E-state index contributed by atoms with van der Waals surface area (Å²) < 4.78 is 3.29. The molecule has 110 valence electrons. The molecule has 0 spiro atoms. The molecule has 1 unspecified atom stereocenters. The lowest BCUT2D eigenvalue weighted by Crippen LogP contribution is -2.11. The van der Waals surface area contributed by atoms with Gasteiger partial charge in [-0.15, -0.1) is 22.9 Å². The molecule has 0 saturated carbocycles. The maximum Gasteiger partial charge on any atom is 0.115 e. The highest BCUT2D eigenvalue weighted by atomic mass is 79.9. The minimum absolute atomic E-state index is 0.160. The lowest BCUT2D eigenvalue weighted by molar-refractivity contribution is 0.620. The first-order chi connectivity index (χ1) is 10.1. The second-order valence-corrected chi connectivity index (χ2v) is 7.52. The summed E-state index contributed by atoms with van der Waals surface area (Å²) in [7, 11) is 0. The monoisotopic (exact) mass is 383 g/mol. The van der Waals surface area contributed by atoms with Crippen LogP contribution < -0.4 is 0 Å². The molecular formula is C15H15BrClN3S. The number of aromatic nitrogens is 3. The summed E-state index contributed by atoms with van der Waals surface area (Å²) >= 11 is 11.2. The van der Waals surface area contributed by atoms with E-state index in [1.165, 1.54) is 4.88 Å². The van der Waals surface area contributed by atoms with Crippen LogP contribution in [0.5, 0.6) is 0 Å². The lowest BCUT2D eigenvalue weighted by Gasteiger charge is -2.15. The van der Waals surface area contributed by atoms with E-state index in [0.717, 1.165) is 32.8 Å². The van der Waals surface area contributed by atoms with E-state index < -0.39 is 0 Å². The maximum absolute atomic E-state index is 5.95. The largest absolute Gasteiger partial charge is 0.318 e. The Morgan fingerprint density at radius 2 is 2.24 bits per heavy atom. The zero-order valence-corrected chi connectivity index (χ0v) is 15.0. The Kier molecular flexibility index (Phi) is 4.33. The Hall–Kier alpha value is -0.910. The molecule has 1 atom stereocenters. The van der Waals surface area contributed by atoms with Crippen molar-refractivity contribution < 1.29 is 0 Å². The van der Waals surface area contributed by atoms with Crippen LogP contribution in [0.25, 0.3) is 11.0 Å². The van der Waals surface area contributed by atoms with Crippen LogP contribution in [-0.2, 0) is 6.42 Å². The summed E-state index contributed by atoms with van der Waals surface area (Å²) in [6.07, 6.45) is 2.68. The van der Waals surface area contributed by atoms with Gasteiger partial charge in [0, 0.05) is 27.8 Å². The molecule has 0 aliphatic rings. The summed E-state index contributed by atoms with van der Waals surface area (Å²) in [6, 6.07) is 6.35. The van der Waals surface area contributed by atoms with Gasteiger partial charge < -0.3 is 4.57 Å². The fourth-order valence-corrected chi connectivity index (χ4v) is 3.83. The van der Waals surface area contributed by atoms with Crippen LogP contribution in [0.15, 0.2) is 28.9 Å². The predicted octanol–water partition coefficient (Wildman–Crippen LogP) is 4.95. The summed E-state index contributed by atoms with van der Waals surface area (Å²) in [5.74, 6) is 1.58. The van der Waals surface area contributed by atoms with E-state index in [2.05, 4.69) is 45.4 Å². The van der Waals surface area contributed by atoms with E-state index in [4.69, 9.17) is 16.6 Å². The number of nitrogens with zero attached hydrogens (tertiary/aromatic N) is 3. The van der Waals surface area contributed by atoms with Crippen LogP contribution >= 0.6 is 38.9 Å². The quantitative estimate of drug-likeness (QED) is 0.596. The van der Waals surface area contributed by atoms with E-state index in [9.17, 15) is 0 Å². The second kappa shape index (κ2) is 6.07. The normalized spacial score (nSPS) is 13.0. The Morgan fingerprint density at radius 3 is 2.90 bits per heavy atom. The average Bonchev–Trinajstić information content (AvgIpc) is 3.01. The van der Waals surface area contributed by atoms with Gasteiger partial charge in [-0.1, -0.05) is 15.9 Å². The molecule has 2 aromatic heterocycles. The number of imidazole rings is 1. The van der Waals surface area contributed by atoms with Gasteiger partial charge >= 0.3 is 0 Å². The first-order valence-corrected chi connectivity index (χ1v) is 8.89. The maximum atomic E-state index is 5.95. The van der Waals surface area contributed by atoms with Crippen molar-refractivity contribution in [1.82, 2.24) is 14.5 Å². The van der Waals surface area contributed by atoms with Crippen LogP contribution in [0.4, 0.5) is 0 Å². The van der Waals surface area contributed by atoms with Crippen LogP contribution in [-0.4, -0.2) is 20.4 Å². The number of rotatable bonds is 4. The minimum atomic E-state index is 0.160. The van der Waals surface area contributed by atoms with Crippen LogP contribution in [0.3, 0.4) is 0 Å². The Balaban J connectivity index is 2.16. The molecule has 0 saturated heterocycles. The Labute approximate surface area is 141 Å². The molecule has 0 N–H and O–H groups in total. The molecular weight excluding hydrogens is 370 g/mol. The smallest absolute Gasteiger partial charge is 0.115 e. The van der Waals surface area contributed by atoms with Gasteiger partial charge in [0.2, 0.25) is 0 Å². The zero-order chi connectivity index (χ0) is 15.0. The lowest BCUT2D eigenvalue weighted by atomic mass is 10.2. The van der Waals surface area contributed by atoms with Crippen molar-refractivity contribution in [2.45, 2.75) is 26.3 Å². The summed E-state index contributed by atoms with van der Waals surface area (Å²) in [6.45, 7) is 4.25. The molecule has 0 amide bonds. The average molecular weight is 385 g/mol. The van der Waals surface area contributed by atoms with Crippen LogP contribution in [0.2, 0.25) is 0 Å². The summed E-state index contributed by atoms with van der Waals surface area (Å²) in [5, 5.41) is 1.10. The predicted molar refractivity (Wildman–Crippen MR) is 92.5 cm³/mol. The molecule has 6 heteroatoms. The van der Waals surface area contributed by atoms with Crippen molar-refractivity contribution in [3.05, 3.63) is 44.6 Å². The fourth-order valence-electron chi connectivity index (χ4n) is 2.49. The third-order valence-corrected chi connectivity index (χ3v) is 5.19. The van der Waals surface area contributed by atoms with Crippen molar-refractivity contribution in [2.24, 2.45) is 0 Å². The number of fused-ring (bicyclic) bond motifs is 1. The van der Waals surface area contributed by atoms with E-state index in [-0.39, 0.29) is 6.04 Å². The third-order valence-electron chi connectivity index (χ3n) is 3.43. The van der Waals surface area contributed by atoms with Crippen molar-refractivity contribution >= 4 is 49.9 Å².